The van der Waals surface area contributed by atoms with E-state index in [-0.39, 0.29) is 0 Å². The molecule has 1 aromatic rings. The first-order valence-corrected chi connectivity index (χ1v) is 8.92. The van der Waals surface area contributed by atoms with Gasteiger partial charge in [0, 0.05) is 13.1 Å². The molecule has 0 radical (unpaired) electrons. The summed E-state index contributed by atoms with van der Waals surface area (Å²) in [5.74, 6) is 0.479. The molecular weight excluding hydrogens is 270 g/mol. The van der Waals surface area contributed by atoms with Crippen LogP contribution in [0.15, 0.2) is 24.3 Å². The van der Waals surface area contributed by atoms with Gasteiger partial charge in [0.2, 0.25) is 10.0 Å². The maximum atomic E-state index is 11.5. The first-order chi connectivity index (χ1) is 9.38. The summed E-state index contributed by atoms with van der Waals surface area (Å²) in [6.45, 7) is 5.53. The standard InChI is InChI=1S/C16H23NO2S/c1-13-5-4-6-14(2)16(13)8-7-15-9-11-17(12-10-15)20(3,18)19/h4-8,15H,9-12H2,1-3H3. The topological polar surface area (TPSA) is 37.4 Å². The van der Waals surface area contributed by atoms with E-state index in [4.69, 9.17) is 0 Å². The molecule has 0 bridgehead atoms. The molecule has 0 unspecified atom stereocenters. The molecule has 1 aliphatic heterocycles. The Kier molecular flexibility index (Phi) is 4.66. The molecule has 2 rings (SSSR count). The van der Waals surface area contributed by atoms with Gasteiger partial charge in [-0.15, -0.1) is 0 Å². The minimum absolute atomic E-state index is 0.479. The fraction of sp³-hybridized carbons (Fsp3) is 0.500. The van der Waals surface area contributed by atoms with Crippen LogP contribution < -0.4 is 0 Å². The Hall–Kier alpha value is -1.13. The number of sulfonamides is 1. The molecule has 1 aromatic carbocycles. The molecule has 1 aliphatic rings. The maximum absolute atomic E-state index is 11.5. The van der Waals surface area contributed by atoms with E-state index in [1.807, 2.05) is 0 Å². The summed E-state index contributed by atoms with van der Waals surface area (Å²) in [6, 6.07) is 6.32. The summed E-state index contributed by atoms with van der Waals surface area (Å²) in [6.07, 6.45) is 7.56. The van der Waals surface area contributed by atoms with E-state index in [0.29, 0.717) is 19.0 Å². The third kappa shape index (κ3) is 3.70. The monoisotopic (exact) mass is 293 g/mol. The zero-order valence-corrected chi connectivity index (χ0v) is 13.3. The average Bonchev–Trinajstić information content (AvgIpc) is 2.37. The SMILES string of the molecule is Cc1cccc(C)c1C=CC1CCN(S(C)(=O)=O)CC1. The average molecular weight is 293 g/mol. The Bertz CT molecular complexity index is 577. The molecule has 0 aliphatic carbocycles. The molecule has 0 saturated carbocycles. The van der Waals surface area contributed by atoms with Gasteiger partial charge in [-0.1, -0.05) is 30.4 Å². The molecule has 0 aromatic heterocycles. The molecule has 0 spiro atoms. The van der Waals surface area contributed by atoms with Crippen LogP contribution in [0.1, 0.15) is 29.5 Å². The second-order valence-electron chi connectivity index (χ2n) is 5.66. The van der Waals surface area contributed by atoms with Crippen LogP contribution in [-0.4, -0.2) is 32.1 Å². The van der Waals surface area contributed by atoms with Crippen LogP contribution in [0.3, 0.4) is 0 Å². The molecule has 110 valence electrons. The largest absolute Gasteiger partial charge is 0.213 e. The van der Waals surface area contributed by atoms with E-state index in [0.717, 1.165) is 12.8 Å². The number of rotatable bonds is 3. The van der Waals surface area contributed by atoms with Gasteiger partial charge in [0.25, 0.3) is 0 Å². The van der Waals surface area contributed by atoms with Crippen molar-refractivity contribution in [3.63, 3.8) is 0 Å². The molecule has 4 heteroatoms. The quantitative estimate of drug-likeness (QED) is 0.859. The lowest BCUT2D eigenvalue weighted by Crippen LogP contribution is -2.37. The van der Waals surface area contributed by atoms with Crippen LogP contribution in [0.2, 0.25) is 0 Å². The number of hydrogen-bond donors (Lipinski definition) is 0. The van der Waals surface area contributed by atoms with E-state index < -0.39 is 10.0 Å². The highest BCUT2D eigenvalue weighted by Gasteiger charge is 2.23. The van der Waals surface area contributed by atoms with Gasteiger partial charge in [0.15, 0.2) is 0 Å². The minimum Gasteiger partial charge on any atom is -0.213 e. The van der Waals surface area contributed by atoms with E-state index >= 15 is 0 Å². The zero-order chi connectivity index (χ0) is 14.8. The van der Waals surface area contributed by atoms with Crippen molar-refractivity contribution in [3.8, 4) is 0 Å². The van der Waals surface area contributed by atoms with Gasteiger partial charge in [-0.05, 0) is 49.3 Å². The number of benzene rings is 1. The highest BCUT2D eigenvalue weighted by Crippen LogP contribution is 2.23. The summed E-state index contributed by atoms with van der Waals surface area (Å²) in [4.78, 5) is 0. The maximum Gasteiger partial charge on any atom is 0.211 e. The molecule has 0 N–H and O–H groups in total. The van der Waals surface area contributed by atoms with Crippen molar-refractivity contribution >= 4 is 16.1 Å². The predicted molar refractivity (Wildman–Crippen MR) is 84.1 cm³/mol. The summed E-state index contributed by atoms with van der Waals surface area (Å²) >= 11 is 0. The molecule has 1 saturated heterocycles. The van der Waals surface area contributed by atoms with E-state index in [1.165, 1.54) is 22.9 Å². The minimum atomic E-state index is -3.02. The van der Waals surface area contributed by atoms with Crippen LogP contribution in [0, 0.1) is 19.8 Å². The highest BCUT2D eigenvalue weighted by atomic mass is 32.2. The number of nitrogens with zero attached hydrogens (tertiary/aromatic N) is 1. The Balaban J connectivity index is 2.01. The lowest BCUT2D eigenvalue weighted by atomic mass is 9.95. The Labute approximate surface area is 122 Å². The summed E-state index contributed by atoms with van der Waals surface area (Å²) < 4.78 is 24.5. The lowest BCUT2D eigenvalue weighted by molar-refractivity contribution is 0.308. The van der Waals surface area contributed by atoms with Gasteiger partial charge in [0.05, 0.1) is 6.26 Å². The molecule has 0 amide bonds. The van der Waals surface area contributed by atoms with E-state index in [1.54, 1.807) is 4.31 Å². The van der Waals surface area contributed by atoms with Crippen LogP contribution in [0.5, 0.6) is 0 Å². The van der Waals surface area contributed by atoms with E-state index in [9.17, 15) is 8.42 Å². The van der Waals surface area contributed by atoms with Gasteiger partial charge in [-0.3, -0.25) is 0 Å². The highest BCUT2D eigenvalue weighted by molar-refractivity contribution is 7.88. The fourth-order valence-corrected chi connectivity index (χ4v) is 3.60. The smallest absolute Gasteiger partial charge is 0.211 e. The second-order valence-corrected chi connectivity index (χ2v) is 7.65. The third-order valence-electron chi connectivity index (χ3n) is 4.04. The fourth-order valence-electron chi connectivity index (χ4n) is 2.72. The van der Waals surface area contributed by atoms with Gasteiger partial charge in [-0.25, -0.2) is 12.7 Å². The van der Waals surface area contributed by atoms with Gasteiger partial charge >= 0.3 is 0 Å². The Morgan fingerprint density at radius 3 is 2.20 bits per heavy atom. The molecule has 20 heavy (non-hydrogen) atoms. The van der Waals surface area contributed by atoms with Gasteiger partial charge in [-0.2, -0.15) is 0 Å². The van der Waals surface area contributed by atoms with Crippen molar-refractivity contribution in [2.45, 2.75) is 26.7 Å². The Morgan fingerprint density at radius 2 is 1.70 bits per heavy atom. The predicted octanol–water partition coefficient (Wildman–Crippen LogP) is 2.99. The number of aryl methyl sites for hydroxylation is 2. The summed E-state index contributed by atoms with van der Waals surface area (Å²) in [5.41, 5.74) is 3.86. The van der Waals surface area contributed by atoms with Crippen LogP contribution in [0.4, 0.5) is 0 Å². The normalized spacial score (nSPS) is 18.8. The first kappa shape index (κ1) is 15.3. The summed E-state index contributed by atoms with van der Waals surface area (Å²) in [5, 5.41) is 0. The Morgan fingerprint density at radius 1 is 1.15 bits per heavy atom. The molecular formula is C16H23NO2S. The van der Waals surface area contributed by atoms with Gasteiger partial charge < -0.3 is 0 Å². The van der Waals surface area contributed by atoms with Crippen molar-refractivity contribution in [3.05, 3.63) is 41.0 Å². The van der Waals surface area contributed by atoms with Crippen molar-refractivity contribution < 1.29 is 8.42 Å². The van der Waals surface area contributed by atoms with Crippen molar-refractivity contribution in [1.29, 1.82) is 0 Å². The first-order valence-electron chi connectivity index (χ1n) is 7.07. The molecule has 1 heterocycles. The van der Waals surface area contributed by atoms with Crippen molar-refractivity contribution in [2.24, 2.45) is 5.92 Å². The van der Waals surface area contributed by atoms with Crippen LogP contribution in [-0.2, 0) is 10.0 Å². The summed E-state index contributed by atoms with van der Waals surface area (Å²) in [7, 11) is -3.02. The van der Waals surface area contributed by atoms with Crippen molar-refractivity contribution in [2.75, 3.05) is 19.3 Å². The van der Waals surface area contributed by atoms with Crippen LogP contribution in [0.25, 0.3) is 6.08 Å². The molecule has 0 atom stereocenters. The van der Waals surface area contributed by atoms with Gasteiger partial charge in [0.1, 0.15) is 0 Å². The molecule has 1 fully saturated rings. The zero-order valence-electron chi connectivity index (χ0n) is 12.5. The number of hydrogen-bond acceptors (Lipinski definition) is 2. The molecule has 3 nitrogen and oxygen atoms in total. The van der Waals surface area contributed by atoms with Crippen LogP contribution >= 0.6 is 0 Å². The van der Waals surface area contributed by atoms with E-state index in [2.05, 4.69) is 44.2 Å². The van der Waals surface area contributed by atoms with Crippen molar-refractivity contribution in [1.82, 2.24) is 4.31 Å². The number of allylic oxidation sites excluding steroid dienone is 1. The third-order valence-corrected chi connectivity index (χ3v) is 5.35. The number of piperidine rings is 1. The second kappa shape index (κ2) is 6.10. The lowest BCUT2D eigenvalue weighted by Gasteiger charge is -2.28.